The Bertz CT molecular complexity index is 439. The van der Waals surface area contributed by atoms with Crippen LogP contribution in [0.15, 0.2) is 18.2 Å². The molecule has 0 radical (unpaired) electrons. The fraction of sp³-hybridized carbons (Fsp3) is 0.333. The number of benzene rings is 1. The molecule has 7 heteroatoms. The first-order valence-electron chi connectivity index (χ1n) is 4.39. The van der Waals surface area contributed by atoms with Gasteiger partial charge in [-0.3, -0.25) is 0 Å². The fourth-order valence-electron chi connectivity index (χ4n) is 1.03. The summed E-state index contributed by atoms with van der Waals surface area (Å²) in [6.07, 6.45) is 0.285. The normalized spacial score (nSPS) is 11.4. The van der Waals surface area contributed by atoms with Gasteiger partial charge in [0.15, 0.2) is 5.75 Å². The first-order valence-corrected chi connectivity index (χ1v) is 7.63. The molecule has 0 fully saturated rings. The van der Waals surface area contributed by atoms with E-state index in [0.29, 0.717) is 15.8 Å². The lowest BCUT2D eigenvalue weighted by molar-refractivity contribution is 0.318. The van der Waals surface area contributed by atoms with Gasteiger partial charge in [-0.05, 0) is 18.6 Å². The van der Waals surface area contributed by atoms with Crippen LogP contribution in [0.4, 0.5) is 0 Å². The molecule has 0 atom stereocenters. The van der Waals surface area contributed by atoms with Gasteiger partial charge in [0.2, 0.25) is 9.05 Å². The van der Waals surface area contributed by atoms with Crippen LogP contribution >= 0.6 is 33.9 Å². The molecule has 0 N–H and O–H groups in total. The number of ether oxygens (including phenoxy) is 1. The molecule has 0 aliphatic heterocycles. The Balaban J connectivity index is 2.49. The van der Waals surface area contributed by atoms with Gasteiger partial charge in [-0.25, -0.2) is 8.42 Å². The van der Waals surface area contributed by atoms with E-state index in [4.69, 9.17) is 38.6 Å². The third-order valence-corrected chi connectivity index (χ3v) is 3.53. The number of para-hydroxylation sites is 1. The number of halogens is 3. The van der Waals surface area contributed by atoms with Crippen molar-refractivity contribution < 1.29 is 13.2 Å². The molecule has 3 nitrogen and oxygen atoms in total. The second-order valence-electron chi connectivity index (χ2n) is 3.00. The Kier molecular flexibility index (Phi) is 5.18. The van der Waals surface area contributed by atoms with Crippen molar-refractivity contribution in [3.05, 3.63) is 28.2 Å². The third kappa shape index (κ3) is 4.78. The van der Waals surface area contributed by atoms with Crippen LogP contribution < -0.4 is 4.74 Å². The molecule has 0 spiro atoms. The molecular weight excluding hydrogens is 295 g/mol. The molecule has 0 saturated heterocycles. The van der Waals surface area contributed by atoms with Crippen molar-refractivity contribution in [1.29, 1.82) is 0 Å². The molecule has 0 bridgehead atoms. The maximum Gasteiger partial charge on any atom is 0.232 e. The highest BCUT2D eigenvalue weighted by molar-refractivity contribution is 8.13. The van der Waals surface area contributed by atoms with E-state index in [1.54, 1.807) is 18.2 Å². The van der Waals surface area contributed by atoms with Gasteiger partial charge in [-0.1, -0.05) is 29.3 Å². The maximum absolute atomic E-state index is 10.6. The zero-order valence-electron chi connectivity index (χ0n) is 8.12. The minimum absolute atomic E-state index is 0.142. The van der Waals surface area contributed by atoms with Crippen LogP contribution in [0.5, 0.6) is 5.75 Å². The van der Waals surface area contributed by atoms with Crippen LogP contribution in [0.25, 0.3) is 0 Å². The molecule has 16 heavy (non-hydrogen) atoms. The van der Waals surface area contributed by atoms with Crippen LogP contribution in [0.1, 0.15) is 6.42 Å². The Morgan fingerprint density at radius 2 is 1.75 bits per heavy atom. The number of hydrogen-bond acceptors (Lipinski definition) is 3. The third-order valence-electron chi connectivity index (χ3n) is 1.70. The minimum Gasteiger partial charge on any atom is -0.490 e. The fourth-order valence-corrected chi connectivity index (χ4v) is 2.32. The first-order chi connectivity index (χ1) is 7.40. The van der Waals surface area contributed by atoms with Gasteiger partial charge in [0.1, 0.15) is 0 Å². The lowest BCUT2D eigenvalue weighted by atomic mass is 10.3. The maximum atomic E-state index is 10.6. The van der Waals surface area contributed by atoms with Gasteiger partial charge >= 0.3 is 0 Å². The molecule has 0 aliphatic carbocycles. The average Bonchev–Trinajstić information content (AvgIpc) is 2.14. The van der Waals surface area contributed by atoms with E-state index < -0.39 is 9.05 Å². The lowest BCUT2D eigenvalue weighted by Gasteiger charge is -2.08. The summed E-state index contributed by atoms with van der Waals surface area (Å²) >= 11 is 11.7. The molecule has 0 aliphatic rings. The van der Waals surface area contributed by atoms with Gasteiger partial charge in [-0.2, -0.15) is 0 Å². The molecule has 1 rings (SSSR count). The molecule has 0 amide bonds. The van der Waals surface area contributed by atoms with E-state index in [-0.39, 0.29) is 18.8 Å². The van der Waals surface area contributed by atoms with Crippen LogP contribution in [0.3, 0.4) is 0 Å². The topological polar surface area (TPSA) is 43.4 Å². The summed E-state index contributed by atoms with van der Waals surface area (Å²) in [7, 11) is 1.57. The predicted molar refractivity (Wildman–Crippen MR) is 66.2 cm³/mol. The zero-order valence-corrected chi connectivity index (χ0v) is 11.2. The molecular formula is C9H9Cl3O3S. The monoisotopic (exact) mass is 302 g/mol. The summed E-state index contributed by atoms with van der Waals surface area (Å²) in [5, 5.41) is 0.780. The highest BCUT2D eigenvalue weighted by Gasteiger charge is 2.08. The Morgan fingerprint density at radius 3 is 2.25 bits per heavy atom. The summed E-state index contributed by atoms with van der Waals surface area (Å²) in [4.78, 5) is 0. The van der Waals surface area contributed by atoms with Crippen molar-refractivity contribution >= 4 is 42.9 Å². The minimum atomic E-state index is -3.47. The molecule has 1 aromatic carbocycles. The molecule has 90 valence electrons. The molecule has 0 aromatic heterocycles. The Labute approximate surface area is 109 Å². The zero-order chi connectivity index (χ0) is 12.2. The standard InChI is InChI=1S/C9H9Cl3O3S/c10-7-3-1-4-8(11)9(7)15-5-2-6-16(12,13)14/h1,3-4H,2,5-6H2. The summed E-state index contributed by atoms with van der Waals surface area (Å²) in [6.45, 7) is 0.190. The van der Waals surface area contributed by atoms with Crippen molar-refractivity contribution in [2.45, 2.75) is 6.42 Å². The number of rotatable bonds is 5. The van der Waals surface area contributed by atoms with Crippen molar-refractivity contribution in [3.8, 4) is 5.75 Å². The summed E-state index contributed by atoms with van der Waals surface area (Å²) in [5.74, 6) is 0.217. The highest BCUT2D eigenvalue weighted by atomic mass is 35.7. The van der Waals surface area contributed by atoms with Gasteiger partial charge in [0, 0.05) is 10.7 Å². The van der Waals surface area contributed by atoms with Crippen molar-refractivity contribution in [2.24, 2.45) is 0 Å². The van der Waals surface area contributed by atoms with Gasteiger partial charge in [0.25, 0.3) is 0 Å². The largest absolute Gasteiger partial charge is 0.490 e. The van der Waals surface area contributed by atoms with E-state index in [0.717, 1.165) is 0 Å². The van der Waals surface area contributed by atoms with Crippen LogP contribution in [-0.2, 0) is 9.05 Å². The second kappa shape index (κ2) is 5.96. The van der Waals surface area contributed by atoms with E-state index >= 15 is 0 Å². The van der Waals surface area contributed by atoms with Crippen LogP contribution in [0.2, 0.25) is 10.0 Å². The first kappa shape index (κ1) is 13.9. The van der Waals surface area contributed by atoms with E-state index in [9.17, 15) is 8.42 Å². The van der Waals surface area contributed by atoms with Crippen molar-refractivity contribution in [2.75, 3.05) is 12.4 Å². The van der Waals surface area contributed by atoms with E-state index in [2.05, 4.69) is 0 Å². The summed E-state index contributed by atoms with van der Waals surface area (Å²) in [6, 6.07) is 4.98. The summed E-state index contributed by atoms with van der Waals surface area (Å²) in [5.41, 5.74) is 0. The SMILES string of the molecule is O=S(=O)(Cl)CCCOc1c(Cl)cccc1Cl. The summed E-state index contributed by atoms with van der Waals surface area (Å²) < 4.78 is 26.5. The Morgan fingerprint density at radius 1 is 1.19 bits per heavy atom. The highest BCUT2D eigenvalue weighted by Crippen LogP contribution is 2.32. The molecule has 0 unspecified atom stereocenters. The molecule has 0 heterocycles. The van der Waals surface area contributed by atoms with Crippen LogP contribution in [-0.4, -0.2) is 20.8 Å². The molecule has 1 aromatic rings. The van der Waals surface area contributed by atoms with E-state index in [1.807, 2.05) is 0 Å². The predicted octanol–water partition coefficient (Wildman–Crippen LogP) is 3.33. The van der Waals surface area contributed by atoms with Crippen LogP contribution in [0, 0.1) is 0 Å². The smallest absolute Gasteiger partial charge is 0.232 e. The Hall–Kier alpha value is -0.160. The number of hydrogen-bond donors (Lipinski definition) is 0. The molecule has 0 saturated carbocycles. The van der Waals surface area contributed by atoms with E-state index in [1.165, 1.54) is 0 Å². The quantitative estimate of drug-likeness (QED) is 0.619. The van der Waals surface area contributed by atoms with Gasteiger partial charge < -0.3 is 4.74 Å². The second-order valence-corrected chi connectivity index (χ2v) is 6.71. The lowest BCUT2D eigenvalue weighted by Crippen LogP contribution is -2.05. The average molecular weight is 304 g/mol. The van der Waals surface area contributed by atoms with Gasteiger partial charge in [0.05, 0.1) is 22.4 Å². The van der Waals surface area contributed by atoms with Crippen molar-refractivity contribution in [1.82, 2.24) is 0 Å². The van der Waals surface area contributed by atoms with Gasteiger partial charge in [-0.15, -0.1) is 0 Å². The van der Waals surface area contributed by atoms with Crippen molar-refractivity contribution in [3.63, 3.8) is 0 Å².